The summed E-state index contributed by atoms with van der Waals surface area (Å²) in [6, 6.07) is 14.9. The van der Waals surface area contributed by atoms with Crippen molar-refractivity contribution in [3.05, 3.63) is 98.8 Å². The molecule has 0 saturated carbocycles. The Hall–Kier alpha value is -4.36. The fraction of sp³-hybridized carbons (Fsp3) is 0.375. The van der Waals surface area contributed by atoms with Gasteiger partial charge in [-0.3, -0.25) is 9.36 Å². The zero-order valence-electron chi connectivity index (χ0n) is 30.6. The number of aryl methyl sites for hydroxylation is 6. The van der Waals surface area contributed by atoms with Crippen LogP contribution in [0, 0.1) is 5.82 Å². The summed E-state index contributed by atoms with van der Waals surface area (Å²) in [6.07, 6.45) is 2.66. The predicted octanol–water partition coefficient (Wildman–Crippen LogP) is 7.75. The number of carbonyl (C=O) groups is 1. The monoisotopic (exact) mass is 759 g/mol. The van der Waals surface area contributed by atoms with Crippen molar-refractivity contribution in [2.75, 3.05) is 34.0 Å². The van der Waals surface area contributed by atoms with E-state index in [9.17, 15) is 9.18 Å². The normalized spacial score (nSPS) is 13.9. The highest BCUT2D eigenvalue weighted by Crippen LogP contribution is 2.42. The molecule has 0 saturated heterocycles. The molecule has 278 valence electrons. The zero-order valence-corrected chi connectivity index (χ0v) is 32.2. The van der Waals surface area contributed by atoms with Crippen molar-refractivity contribution >= 4 is 51.0 Å². The van der Waals surface area contributed by atoms with Crippen LogP contribution in [0.5, 0.6) is 5.75 Å². The number of ether oxygens (including phenoxy) is 4. The molecule has 1 aliphatic heterocycles. The summed E-state index contributed by atoms with van der Waals surface area (Å²) in [5, 5.41) is 12.9. The predicted molar refractivity (Wildman–Crippen MR) is 206 cm³/mol. The van der Waals surface area contributed by atoms with Gasteiger partial charge < -0.3 is 23.5 Å². The molecule has 8 bridgehead atoms. The van der Waals surface area contributed by atoms with Gasteiger partial charge in [0.2, 0.25) is 0 Å². The van der Waals surface area contributed by atoms with E-state index in [1.807, 2.05) is 53.3 Å². The Kier molecular flexibility index (Phi) is 11.1. The number of aromatic nitrogens is 5. The summed E-state index contributed by atoms with van der Waals surface area (Å²) in [7, 11) is 8.81. The van der Waals surface area contributed by atoms with Crippen LogP contribution in [0.25, 0.3) is 32.9 Å². The number of carbonyl (C=O) groups excluding carboxylic acids is 1. The van der Waals surface area contributed by atoms with Crippen molar-refractivity contribution in [3.63, 3.8) is 0 Å². The van der Waals surface area contributed by atoms with E-state index in [2.05, 4.69) is 12.1 Å². The van der Waals surface area contributed by atoms with E-state index in [1.54, 1.807) is 31.0 Å². The number of benzene rings is 3. The van der Waals surface area contributed by atoms with Gasteiger partial charge in [-0.15, -0.1) is 0 Å². The Balaban J connectivity index is 1.36. The van der Waals surface area contributed by atoms with Gasteiger partial charge in [0, 0.05) is 67.4 Å². The van der Waals surface area contributed by atoms with Crippen LogP contribution in [0.4, 0.5) is 4.39 Å². The van der Waals surface area contributed by atoms with Gasteiger partial charge in [-0.1, -0.05) is 23.7 Å². The summed E-state index contributed by atoms with van der Waals surface area (Å²) < 4.78 is 43.1. The molecule has 3 aromatic carbocycles. The molecule has 4 heterocycles. The van der Waals surface area contributed by atoms with E-state index in [0.717, 1.165) is 79.5 Å². The Labute approximate surface area is 317 Å². The van der Waals surface area contributed by atoms with Crippen molar-refractivity contribution in [2.24, 2.45) is 21.1 Å². The lowest BCUT2D eigenvalue weighted by Gasteiger charge is -2.13. The number of fused-ring (bicyclic) bond motifs is 8. The first kappa shape index (κ1) is 37.0. The molecule has 53 heavy (non-hydrogen) atoms. The molecule has 0 atom stereocenters. The van der Waals surface area contributed by atoms with E-state index in [-0.39, 0.29) is 5.82 Å². The molecule has 0 amide bonds. The largest absolute Gasteiger partial charge is 0.493 e. The highest BCUT2D eigenvalue weighted by molar-refractivity contribution is 7.97. The highest BCUT2D eigenvalue weighted by atomic mass is 35.5. The summed E-state index contributed by atoms with van der Waals surface area (Å²) in [4.78, 5) is 13.5. The minimum atomic E-state index is -0.431. The smallest absolute Gasteiger partial charge is 0.354 e. The van der Waals surface area contributed by atoms with Gasteiger partial charge in [0.15, 0.2) is 0 Å². The van der Waals surface area contributed by atoms with E-state index < -0.39 is 5.97 Å². The van der Waals surface area contributed by atoms with Crippen LogP contribution in [0.15, 0.2) is 48.5 Å². The molecular formula is C40H43ClFN5O5S. The standard InChI is InChI=1S/C40H43ClFN5O5S/c1-45-37-31-12-13-33(41)36(37)38-32(34(44-47(38)3)21-51-16-15-49-4)23-53-22-27-20-28(46(2)43-27)10-8-24-17-25-19-26(42)9-11-29(25)35(18-24)52-14-6-7-30(31)39(45)40(48)50-5/h9,11-13,17-20H,6-8,10,14-16,21-23H2,1-5H3. The average Bonchev–Trinajstić information content (AvgIpc) is 3.75. The first-order chi connectivity index (χ1) is 25.7. The van der Waals surface area contributed by atoms with Crippen LogP contribution in [0.1, 0.15) is 50.7 Å². The van der Waals surface area contributed by atoms with Crippen molar-refractivity contribution in [1.29, 1.82) is 0 Å². The minimum absolute atomic E-state index is 0.291. The molecule has 0 unspecified atom stereocenters. The fourth-order valence-corrected chi connectivity index (χ4v) is 8.62. The number of esters is 1. The number of methoxy groups -OCH3 is 2. The molecule has 13 heteroatoms. The van der Waals surface area contributed by atoms with Crippen molar-refractivity contribution in [3.8, 4) is 17.0 Å². The van der Waals surface area contributed by atoms with E-state index in [4.69, 9.17) is 40.7 Å². The number of halogens is 2. The molecular weight excluding hydrogens is 717 g/mol. The topological polar surface area (TPSA) is 94.6 Å². The lowest BCUT2D eigenvalue weighted by atomic mass is 10.00. The molecule has 0 aliphatic carbocycles. The Morgan fingerprint density at radius 2 is 1.77 bits per heavy atom. The van der Waals surface area contributed by atoms with Crippen LogP contribution in [0.3, 0.4) is 0 Å². The summed E-state index contributed by atoms with van der Waals surface area (Å²) in [5.41, 5.74) is 8.74. The molecule has 0 fully saturated rings. The van der Waals surface area contributed by atoms with Gasteiger partial charge in [0.25, 0.3) is 0 Å². The van der Waals surface area contributed by atoms with Crippen LogP contribution < -0.4 is 4.74 Å². The molecule has 3 aromatic heterocycles. The lowest BCUT2D eigenvalue weighted by molar-refractivity contribution is 0.0589. The van der Waals surface area contributed by atoms with Gasteiger partial charge in [-0.25, -0.2) is 9.18 Å². The maximum atomic E-state index is 14.4. The van der Waals surface area contributed by atoms with Crippen LogP contribution in [-0.4, -0.2) is 64.1 Å². The average molecular weight is 760 g/mol. The minimum Gasteiger partial charge on any atom is -0.493 e. The summed E-state index contributed by atoms with van der Waals surface area (Å²) in [5.74, 6) is 1.29. The van der Waals surface area contributed by atoms with Crippen LogP contribution in [-0.2, 0) is 72.7 Å². The molecule has 1 aliphatic rings. The van der Waals surface area contributed by atoms with Crippen molar-refractivity contribution in [2.45, 2.75) is 43.8 Å². The Morgan fingerprint density at radius 1 is 0.943 bits per heavy atom. The lowest BCUT2D eigenvalue weighted by Crippen LogP contribution is -2.11. The second kappa shape index (κ2) is 15.9. The van der Waals surface area contributed by atoms with E-state index >= 15 is 0 Å². The highest BCUT2D eigenvalue weighted by Gasteiger charge is 2.28. The second-order valence-electron chi connectivity index (χ2n) is 13.3. The second-order valence-corrected chi connectivity index (χ2v) is 14.7. The van der Waals surface area contributed by atoms with E-state index in [1.165, 1.54) is 13.2 Å². The maximum Gasteiger partial charge on any atom is 0.354 e. The number of nitrogens with zero attached hydrogens (tertiary/aromatic N) is 5. The third-order valence-corrected chi connectivity index (χ3v) is 11.2. The third kappa shape index (κ3) is 7.42. The zero-order chi connectivity index (χ0) is 37.2. The van der Waals surface area contributed by atoms with Gasteiger partial charge in [-0.2, -0.15) is 22.0 Å². The summed E-state index contributed by atoms with van der Waals surface area (Å²) in [6.45, 7) is 1.60. The molecule has 0 N–H and O–H groups in total. The SMILES string of the molecule is COCCOCc1nn(C)c2c1CSCc1cc(n(C)n1)CCc1cc(c3ccc(F)cc3c1)OCCCc1c(C(=O)OC)n(C)c3c-2c(Cl)ccc13. The number of hydrogen-bond donors (Lipinski definition) is 0. The van der Waals surface area contributed by atoms with Crippen molar-refractivity contribution < 1.29 is 28.1 Å². The van der Waals surface area contributed by atoms with Gasteiger partial charge in [-0.05, 0) is 78.6 Å². The van der Waals surface area contributed by atoms with E-state index in [0.29, 0.717) is 67.2 Å². The molecule has 7 rings (SSSR count). The summed E-state index contributed by atoms with van der Waals surface area (Å²) >= 11 is 8.87. The van der Waals surface area contributed by atoms with Crippen molar-refractivity contribution in [1.82, 2.24) is 24.1 Å². The number of thioether (sulfide) groups is 1. The Morgan fingerprint density at radius 3 is 2.58 bits per heavy atom. The van der Waals surface area contributed by atoms with Crippen LogP contribution >= 0.6 is 23.4 Å². The van der Waals surface area contributed by atoms with Crippen LogP contribution in [0.2, 0.25) is 5.02 Å². The molecule has 0 spiro atoms. The first-order valence-corrected chi connectivity index (χ1v) is 19.2. The fourth-order valence-electron chi connectivity index (χ4n) is 7.42. The van der Waals surface area contributed by atoms with Gasteiger partial charge in [0.05, 0.1) is 61.2 Å². The third-order valence-electron chi connectivity index (χ3n) is 9.88. The first-order valence-electron chi connectivity index (χ1n) is 17.6. The van der Waals surface area contributed by atoms with Gasteiger partial charge in [0.1, 0.15) is 17.3 Å². The molecule has 10 nitrogen and oxygen atoms in total. The van der Waals surface area contributed by atoms with Gasteiger partial charge >= 0.3 is 5.97 Å². The number of rotatable bonds is 6. The number of hydrogen-bond acceptors (Lipinski definition) is 8. The quantitative estimate of drug-likeness (QED) is 0.126. The molecule has 0 radical (unpaired) electrons. The Bertz CT molecular complexity index is 2310. The maximum absolute atomic E-state index is 14.4. The molecule has 6 aromatic rings.